The molecule has 1 aliphatic rings. The van der Waals surface area contributed by atoms with Crippen molar-refractivity contribution < 1.29 is 4.43 Å². The average Bonchev–Trinajstić information content (AvgIpc) is 2.50. The molecule has 1 nitrogen and oxygen atoms in total. The molecule has 2 heteroatoms. The molecule has 0 amide bonds. The molecule has 0 aliphatic heterocycles. The second kappa shape index (κ2) is 4.36. The third kappa shape index (κ3) is 3.09. The van der Waals surface area contributed by atoms with Gasteiger partial charge in [0.2, 0.25) is 0 Å². The highest BCUT2D eigenvalue weighted by atomic mass is 28.4. The fourth-order valence-electron chi connectivity index (χ4n) is 1.52. The number of rotatable bonds is 3. The normalized spacial score (nSPS) is 20.4. The predicted molar refractivity (Wildman–Crippen MR) is 64.8 cm³/mol. The Labute approximate surface area is 90.4 Å². The molecule has 0 spiro atoms. The molecule has 1 rings (SSSR count). The summed E-state index contributed by atoms with van der Waals surface area (Å²) in [6.07, 6.45) is 6.31. The summed E-state index contributed by atoms with van der Waals surface area (Å²) in [4.78, 5) is 0. The van der Waals surface area contributed by atoms with Crippen LogP contribution in [0.5, 0.6) is 0 Å². The predicted octanol–water partition coefficient (Wildman–Crippen LogP) is 4.01. The molecule has 0 aromatic heterocycles. The van der Waals surface area contributed by atoms with Gasteiger partial charge in [-0.2, -0.15) is 0 Å². The van der Waals surface area contributed by atoms with Gasteiger partial charge < -0.3 is 4.43 Å². The molecular weight excluding hydrogens is 188 g/mol. The van der Waals surface area contributed by atoms with E-state index in [0.717, 1.165) is 12.5 Å². The highest BCUT2D eigenvalue weighted by Crippen LogP contribution is 2.37. The molecule has 0 saturated heterocycles. The van der Waals surface area contributed by atoms with Gasteiger partial charge in [-0.15, -0.1) is 0 Å². The van der Waals surface area contributed by atoms with Crippen molar-refractivity contribution in [3.63, 3.8) is 0 Å². The maximum Gasteiger partial charge on any atom is 0.191 e. The van der Waals surface area contributed by atoms with Crippen molar-refractivity contribution in [3.05, 3.63) is 6.42 Å². The minimum Gasteiger partial charge on any atom is -0.417 e. The van der Waals surface area contributed by atoms with E-state index in [1.54, 1.807) is 0 Å². The van der Waals surface area contributed by atoms with E-state index in [-0.39, 0.29) is 0 Å². The molecule has 0 N–H and O–H groups in total. The highest BCUT2D eigenvalue weighted by molar-refractivity contribution is 6.74. The minimum atomic E-state index is -1.49. The van der Waals surface area contributed by atoms with E-state index in [1.807, 2.05) is 0 Å². The van der Waals surface area contributed by atoms with Crippen molar-refractivity contribution in [2.45, 2.75) is 58.2 Å². The molecule has 1 unspecified atom stereocenters. The van der Waals surface area contributed by atoms with Crippen LogP contribution in [0.25, 0.3) is 0 Å². The van der Waals surface area contributed by atoms with Gasteiger partial charge in [0.1, 0.15) is 0 Å². The van der Waals surface area contributed by atoms with E-state index in [1.165, 1.54) is 19.3 Å². The van der Waals surface area contributed by atoms with Crippen molar-refractivity contribution in [3.8, 4) is 0 Å². The maximum absolute atomic E-state index is 6.20. The van der Waals surface area contributed by atoms with Gasteiger partial charge in [0.05, 0.1) is 0 Å². The lowest BCUT2D eigenvalue weighted by molar-refractivity contribution is 0.232. The Balaban J connectivity index is 2.35. The van der Waals surface area contributed by atoms with Gasteiger partial charge in [-0.05, 0) is 49.7 Å². The van der Waals surface area contributed by atoms with Gasteiger partial charge in [0.25, 0.3) is 0 Å². The van der Waals surface area contributed by atoms with Crippen LogP contribution in [0.3, 0.4) is 0 Å². The standard InChI is InChI=1S/C12H25OSi/c1-12(2,3)14(4,5)13-10-11-8-6-7-9-11/h6,11H,7-10H2,1-5H3. The SMILES string of the molecule is CC(C)(C)[Si](C)(C)OCC1C[CH]CC1. The van der Waals surface area contributed by atoms with Crippen molar-refractivity contribution in [2.24, 2.45) is 5.92 Å². The fourth-order valence-corrected chi connectivity index (χ4v) is 2.60. The van der Waals surface area contributed by atoms with E-state index < -0.39 is 8.32 Å². The molecule has 0 aromatic rings. The van der Waals surface area contributed by atoms with Crippen molar-refractivity contribution in [1.29, 1.82) is 0 Å². The largest absolute Gasteiger partial charge is 0.417 e. The molecule has 1 radical (unpaired) electrons. The molecule has 1 aliphatic carbocycles. The summed E-state index contributed by atoms with van der Waals surface area (Å²) >= 11 is 0. The average molecular weight is 213 g/mol. The summed E-state index contributed by atoms with van der Waals surface area (Å²) in [5.41, 5.74) is 0. The molecule has 14 heavy (non-hydrogen) atoms. The molecule has 0 heterocycles. The van der Waals surface area contributed by atoms with E-state index in [4.69, 9.17) is 4.43 Å². The van der Waals surface area contributed by atoms with Crippen LogP contribution in [0.1, 0.15) is 40.0 Å². The Morgan fingerprint density at radius 1 is 1.36 bits per heavy atom. The molecule has 0 bridgehead atoms. The first-order chi connectivity index (χ1) is 6.33. The summed E-state index contributed by atoms with van der Waals surface area (Å²) in [5, 5.41) is 0.356. The number of hydrogen-bond donors (Lipinski definition) is 0. The first-order valence-corrected chi connectivity index (χ1v) is 8.69. The van der Waals surface area contributed by atoms with Crippen LogP contribution in [0.2, 0.25) is 18.1 Å². The Morgan fingerprint density at radius 2 is 2.00 bits per heavy atom. The fraction of sp³-hybridized carbons (Fsp3) is 0.917. The quantitative estimate of drug-likeness (QED) is 0.644. The zero-order chi connectivity index (χ0) is 10.8. The van der Waals surface area contributed by atoms with Crippen LogP contribution in [0.4, 0.5) is 0 Å². The first-order valence-electron chi connectivity index (χ1n) is 5.78. The van der Waals surface area contributed by atoms with Gasteiger partial charge in [-0.25, -0.2) is 0 Å². The van der Waals surface area contributed by atoms with Crippen LogP contribution in [0, 0.1) is 12.3 Å². The van der Waals surface area contributed by atoms with Crippen molar-refractivity contribution in [1.82, 2.24) is 0 Å². The highest BCUT2D eigenvalue weighted by Gasteiger charge is 2.37. The Morgan fingerprint density at radius 3 is 2.43 bits per heavy atom. The summed E-state index contributed by atoms with van der Waals surface area (Å²) < 4.78 is 6.20. The monoisotopic (exact) mass is 213 g/mol. The molecule has 1 saturated carbocycles. The van der Waals surface area contributed by atoms with Gasteiger partial charge in [-0.1, -0.05) is 20.8 Å². The van der Waals surface area contributed by atoms with Crippen LogP contribution in [-0.2, 0) is 4.43 Å². The van der Waals surface area contributed by atoms with Crippen LogP contribution in [-0.4, -0.2) is 14.9 Å². The van der Waals surface area contributed by atoms with E-state index >= 15 is 0 Å². The van der Waals surface area contributed by atoms with E-state index in [9.17, 15) is 0 Å². The number of hydrogen-bond acceptors (Lipinski definition) is 1. The summed E-state index contributed by atoms with van der Waals surface area (Å²) in [5.74, 6) is 0.809. The molecule has 1 atom stereocenters. The summed E-state index contributed by atoms with van der Waals surface area (Å²) in [6.45, 7) is 12.6. The van der Waals surface area contributed by atoms with Crippen molar-refractivity contribution >= 4 is 8.32 Å². The molecule has 83 valence electrons. The second-order valence-corrected chi connectivity index (χ2v) is 10.8. The van der Waals surface area contributed by atoms with Gasteiger partial charge >= 0.3 is 0 Å². The smallest absolute Gasteiger partial charge is 0.191 e. The van der Waals surface area contributed by atoms with Crippen LogP contribution < -0.4 is 0 Å². The molecule has 1 fully saturated rings. The Hall–Kier alpha value is 0.177. The van der Waals surface area contributed by atoms with E-state index in [2.05, 4.69) is 40.3 Å². The Bertz CT molecular complexity index is 175. The molecule has 0 aromatic carbocycles. The van der Waals surface area contributed by atoms with Gasteiger partial charge in [0, 0.05) is 6.61 Å². The Kier molecular flexibility index (Phi) is 3.81. The third-order valence-corrected chi connectivity index (χ3v) is 8.27. The lowest BCUT2D eigenvalue weighted by atomic mass is 10.1. The van der Waals surface area contributed by atoms with Crippen LogP contribution >= 0.6 is 0 Å². The van der Waals surface area contributed by atoms with E-state index in [0.29, 0.717) is 5.04 Å². The summed E-state index contributed by atoms with van der Waals surface area (Å²) in [6, 6.07) is 0. The van der Waals surface area contributed by atoms with Crippen LogP contribution in [0.15, 0.2) is 0 Å². The second-order valence-electron chi connectivity index (χ2n) is 6.04. The molecular formula is C12H25OSi. The van der Waals surface area contributed by atoms with Crippen molar-refractivity contribution in [2.75, 3.05) is 6.61 Å². The zero-order valence-corrected chi connectivity index (χ0v) is 11.4. The summed E-state index contributed by atoms with van der Waals surface area (Å²) in [7, 11) is -1.49. The first kappa shape index (κ1) is 12.2. The minimum absolute atomic E-state index is 0.356. The maximum atomic E-state index is 6.20. The van der Waals surface area contributed by atoms with Gasteiger partial charge in [0.15, 0.2) is 8.32 Å². The lowest BCUT2D eigenvalue weighted by Crippen LogP contribution is -2.41. The van der Waals surface area contributed by atoms with Gasteiger partial charge in [-0.3, -0.25) is 0 Å². The third-order valence-electron chi connectivity index (χ3n) is 3.77. The zero-order valence-electron chi connectivity index (χ0n) is 10.4. The topological polar surface area (TPSA) is 9.23 Å². The lowest BCUT2D eigenvalue weighted by Gasteiger charge is -2.37.